The fraction of sp³-hybridized carbons (Fsp3) is 0.429. The number of phenols is 1. The predicted octanol–water partition coefficient (Wildman–Crippen LogP) is 1.97. The van der Waals surface area contributed by atoms with Gasteiger partial charge >= 0.3 is 0 Å². The number of rotatable bonds is 3. The van der Waals surface area contributed by atoms with Gasteiger partial charge in [0, 0.05) is 31.7 Å². The molecule has 4 heteroatoms. The first kappa shape index (κ1) is 13.1. The largest absolute Gasteiger partial charge is 0.507 e. The lowest BCUT2D eigenvalue weighted by molar-refractivity contribution is 0.200. The van der Waals surface area contributed by atoms with E-state index in [0.717, 1.165) is 26.2 Å². The van der Waals surface area contributed by atoms with Crippen LogP contribution in [0.15, 0.2) is 24.8 Å². The molecule has 1 heterocycles. The van der Waals surface area contributed by atoms with Crippen LogP contribution in [0.5, 0.6) is 5.75 Å². The summed E-state index contributed by atoms with van der Waals surface area (Å²) < 4.78 is 13.5. The maximum atomic E-state index is 13.5. The van der Waals surface area contributed by atoms with Crippen LogP contribution in [-0.4, -0.2) is 36.2 Å². The maximum absolute atomic E-state index is 13.5. The van der Waals surface area contributed by atoms with Crippen LogP contribution >= 0.6 is 0 Å². The Kier molecular flexibility index (Phi) is 3.99. The molecule has 1 aliphatic rings. The third-order valence-electron chi connectivity index (χ3n) is 3.38. The van der Waals surface area contributed by atoms with Crippen LogP contribution in [0.4, 0.5) is 4.39 Å². The van der Waals surface area contributed by atoms with Crippen LogP contribution in [0.1, 0.15) is 17.2 Å². The van der Waals surface area contributed by atoms with Gasteiger partial charge in [0.1, 0.15) is 11.6 Å². The molecule has 0 radical (unpaired) electrons. The first-order chi connectivity index (χ1) is 8.63. The smallest absolute Gasteiger partial charge is 0.124 e. The lowest BCUT2D eigenvalue weighted by Gasteiger charge is -2.33. The molecule has 0 aromatic heterocycles. The van der Waals surface area contributed by atoms with E-state index >= 15 is 0 Å². The van der Waals surface area contributed by atoms with Gasteiger partial charge in [-0.2, -0.15) is 0 Å². The van der Waals surface area contributed by atoms with Crippen molar-refractivity contribution in [2.45, 2.75) is 13.0 Å². The molecule has 3 nitrogen and oxygen atoms in total. The number of aromatic hydroxyl groups is 1. The number of piperazine rings is 1. The molecule has 0 unspecified atom stereocenters. The Hall–Kier alpha value is -1.39. The molecule has 0 spiro atoms. The highest BCUT2D eigenvalue weighted by Gasteiger charge is 2.23. The molecule has 0 amide bonds. The SMILES string of the molecule is C=C[C@@H](c1cc(F)cc(C)c1O)N1CCNCC1. The Labute approximate surface area is 107 Å². The average Bonchev–Trinajstić information content (AvgIpc) is 2.37. The van der Waals surface area contributed by atoms with Gasteiger partial charge in [0.2, 0.25) is 0 Å². The molecule has 18 heavy (non-hydrogen) atoms. The molecule has 1 fully saturated rings. The van der Waals surface area contributed by atoms with Crippen LogP contribution in [0.2, 0.25) is 0 Å². The van der Waals surface area contributed by atoms with Crippen molar-refractivity contribution in [3.8, 4) is 5.75 Å². The summed E-state index contributed by atoms with van der Waals surface area (Å²) in [5.74, 6) is -0.151. The molecule has 2 N–H and O–H groups in total. The fourth-order valence-electron chi connectivity index (χ4n) is 2.42. The van der Waals surface area contributed by atoms with E-state index in [2.05, 4.69) is 16.8 Å². The van der Waals surface area contributed by atoms with Gasteiger partial charge in [0.05, 0.1) is 6.04 Å². The number of aryl methyl sites for hydroxylation is 1. The lowest BCUT2D eigenvalue weighted by atomic mass is 10.0. The van der Waals surface area contributed by atoms with Gasteiger partial charge in [0.15, 0.2) is 0 Å². The van der Waals surface area contributed by atoms with Crippen LogP contribution in [-0.2, 0) is 0 Å². The van der Waals surface area contributed by atoms with Gasteiger partial charge < -0.3 is 10.4 Å². The fourth-order valence-corrected chi connectivity index (χ4v) is 2.42. The molecule has 1 saturated heterocycles. The first-order valence-corrected chi connectivity index (χ1v) is 6.20. The number of benzene rings is 1. The summed E-state index contributed by atoms with van der Waals surface area (Å²) in [7, 11) is 0. The minimum Gasteiger partial charge on any atom is -0.507 e. The Morgan fingerprint density at radius 1 is 1.44 bits per heavy atom. The van der Waals surface area contributed by atoms with E-state index in [9.17, 15) is 9.50 Å². The molecular formula is C14H19FN2O. The van der Waals surface area contributed by atoms with Crippen LogP contribution in [0, 0.1) is 12.7 Å². The molecule has 1 atom stereocenters. The summed E-state index contributed by atoms with van der Waals surface area (Å²) >= 11 is 0. The minimum atomic E-state index is -0.317. The normalized spacial score (nSPS) is 18.6. The zero-order valence-corrected chi connectivity index (χ0v) is 10.6. The predicted molar refractivity (Wildman–Crippen MR) is 70.2 cm³/mol. The summed E-state index contributed by atoms with van der Waals surface area (Å²) in [5, 5.41) is 13.4. The van der Waals surface area contributed by atoms with Crippen molar-refractivity contribution in [1.82, 2.24) is 10.2 Å². The van der Waals surface area contributed by atoms with E-state index in [1.807, 2.05) is 0 Å². The Balaban J connectivity index is 2.34. The summed E-state index contributed by atoms with van der Waals surface area (Å²) in [5.41, 5.74) is 1.16. The molecular weight excluding hydrogens is 231 g/mol. The van der Waals surface area contributed by atoms with E-state index in [1.165, 1.54) is 12.1 Å². The monoisotopic (exact) mass is 250 g/mol. The van der Waals surface area contributed by atoms with Crippen molar-refractivity contribution >= 4 is 0 Å². The van der Waals surface area contributed by atoms with Crippen LogP contribution < -0.4 is 5.32 Å². The quantitative estimate of drug-likeness (QED) is 0.805. The number of hydrogen-bond acceptors (Lipinski definition) is 3. The van der Waals surface area contributed by atoms with Crippen molar-refractivity contribution in [2.24, 2.45) is 0 Å². The molecule has 1 aliphatic heterocycles. The summed E-state index contributed by atoms with van der Waals surface area (Å²) in [4.78, 5) is 2.19. The van der Waals surface area contributed by atoms with E-state index < -0.39 is 0 Å². The van der Waals surface area contributed by atoms with Gasteiger partial charge in [0.25, 0.3) is 0 Å². The Morgan fingerprint density at radius 3 is 2.72 bits per heavy atom. The second kappa shape index (κ2) is 5.50. The molecule has 0 aliphatic carbocycles. The minimum absolute atomic E-state index is 0.138. The molecule has 1 aromatic carbocycles. The van der Waals surface area contributed by atoms with Crippen molar-refractivity contribution in [2.75, 3.05) is 26.2 Å². The molecule has 0 bridgehead atoms. The molecule has 1 aromatic rings. The highest BCUT2D eigenvalue weighted by atomic mass is 19.1. The first-order valence-electron chi connectivity index (χ1n) is 6.20. The van der Waals surface area contributed by atoms with Gasteiger partial charge in [-0.25, -0.2) is 4.39 Å². The van der Waals surface area contributed by atoms with Crippen molar-refractivity contribution in [3.63, 3.8) is 0 Å². The number of halogens is 1. The zero-order valence-electron chi connectivity index (χ0n) is 10.6. The van der Waals surface area contributed by atoms with Gasteiger partial charge in [-0.05, 0) is 24.6 Å². The van der Waals surface area contributed by atoms with Crippen molar-refractivity contribution in [3.05, 3.63) is 41.7 Å². The number of hydrogen-bond donors (Lipinski definition) is 2. The van der Waals surface area contributed by atoms with E-state index in [-0.39, 0.29) is 17.6 Å². The maximum Gasteiger partial charge on any atom is 0.124 e. The van der Waals surface area contributed by atoms with Crippen LogP contribution in [0.25, 0.3) is 0 Å². The summed E-state index contributed by atoms with van der Waals surface area (Å²) in [6.07, 6.45) is 1.76. The third kappa shape index (κ3) is 2.54. The summed E-state index contributed by atoms with van der Waals surface area (Å²) in [6, 6.07) is 2.61. The van der Waals surface area contributed by atoms with Gasteiger partial charge in [-0.3, -0.25) is 4.90 Å². The van der Waals surface area contributed by atoms with E-state index in [1.54, 1.807) is 13.0 Å². The van der Waals surface area contributed by atoms with Gasteiger partial charge in [-0.1, -0.05) is 6.08 Å². The Morgan fingerprint density at radius 2 is 2.11 bits per heavy atom. The second-order valence-corrected chi connectivity index (χ2v) is 4.63. The van der Waals surface area contributed by atoms with Crippen LogP contribution in [0.3, 0.4) is 0 Å². The molecule has 98 valence electrons. The number of nitrogens with zero attached hydrogens (tertiary/aromatic N) is 1. The van der Waals surface area contributed by atoms with Crippen molar-refractivity contribution < 1.29 is 9.50 Å². The lowest BCUT2D eigenvalue weighted by Crippen LogP contribution is -2.44. The van der Waals surface area contributed by atoms with E-state index in [4.69, 9.17) is 0 Å². The molecule has 0 saturated carbocycles. The standard InChI is InChI=1S/C14H19FN2O/c1-3-13(17-6-4-16-5-7-17)12-9-11(15)8-10(2)14(12)18/h3,8-9,13,16,18H,1,4-7H2,2H3/t13-/m0/s1. The Bertz CT molecular complexity index is 442. The van der Waals surface area contributed by atoms with E-state index in [0.29, 0.717) is 11.1 Å². The number of nitrogens with one attached hydrogen (secondary N) is 1. The summed E-state index contributed by atoms with van der Waals surface area (Å²) in [6.45, 7) is 9.06. The number of phenolic OH excluding ortho intramolecular Hbond substituents is 1. The zero-order chi connectivity index (χ0) is 13.1. The highest BCUT2D eigenvalue weighted by Crippen LogP contribution is 2.33. The topological polar surface area (TPSA) is 35.5 Å². The molecule has 2 rings (SSSR count). The highest BCUT2D eigenvalue weighted by molar-refractivity contribution is 5.43. The second-order valence-electron chi connectivity index (χ2n) is 4.63. The third-order valence-corrected chi connectivity index (χ3v) is 3.38. The van der Waals surface area contributed by atoms with Crippen molar-refractivity contribution in [1.29, 1.82) is 0 Å². The average molecular weight is 250 g/mol. The van der Waals surface area contributed by atoms with Gasteiger partial charge in [-0.15, -0.1) is 6.58 Å².